The van der Waals surface area contributed by atoms with Gasteiger partial charge in [0.15, 0.2) is 0 Å². The van der Waals surface area contributed by atoms with Gasteiger partial charge in [0.2, 0.25) is 0 Å². The molecule has 0 saturated carbocycles. The molecular weight excluding hydrogens is 520 g/mol. The maximum Gasteiger partial charge on any atom is 0.327 e. The standard InChI is InChI=1S/C38H70O4/c39-37(40)35-33-31-29-27-25-23-21-19-17-15-13-11-9-7-5-3-1-2-4-6-8-10-12-14-16-18-20-22-24-26-28-30-32-34-36-38(41)42/h33-36H,1-32H2,(H,39,40)(H,41,42). The number of allylic oxidation sites excluding steroid dienone is 2. The van der Waals surface area contributed by atoms with Crippen LogP contribution in [0.5, 0.6) is 0 Å². The molecule has 0 unspecified atom stereocenters. The van der Waals surface area contributed by atoms with Crippen molar-refractivity contribution in [2.75, 3.05) is 0 Å². The molecule has 2 N–H and O–H groups in total. The van der Waals surface area contributed by atoms with Crippen LogP contribution in [-0.2, 0) is 9.59 Å². The van der Waals surface area contributed by atoms with E-state index in [-0.39, 0.29) is 0 Å². The van der Waals surface area contributed by atoms with Crippen LogP contribution in [0, 0.1) is 0 Å². The molecule has 0 aliphatic heterocycles. The van der Waals surface area contributed by atoms with Crippen molar-refractivity contribution in [3.8, 4) is 0 Å². The van der Waals surface area contributed by atoms with Gasteiger partial charge in [0.1, 0.15) is 0 Å². The minimum absolute atomic E-state index is 0.835. The molecule has 4 nitrogen and oxygen atoms in total. The van der Waals surface area contributed by atoms with Gasteiger partial charge in [-0.05, 0) is 25.7 Å². The quantitative estimate of drug-likeness (QED) is 0.0568. The predicted octanol–water partition coefficient (Wildman–Crippen LogP) is 12.8. The van der Waals surface area contributed by atoms with E-state index in [1.165, 1.54) is 192 Å². The third-order valence-corrected chi connectivity index (χ3v) is 8.51. The van der Waals surface area contributed by atoms with Crippen molar-refractivity contribution in [3.63, 3.8) is 0 Å². The first-order valence-electron chi connectivity index (χ1n) is 18.4. The molecule has 0 aromatic heterocycles. The summed E-state index contributed by atoms with van der Waals surface area (Å²) >= 11 is 0. The molecule has 0 bridgehead atoms. The van der Waals surface area contributed by atoms with E-state index in [1.54, 1.807) is 12.2 Å². The summed E-state index contributed by atoms with van der Waals surface area (Å²) in [5, 5.41) is 17.1. The average molecular weight is 591 g/mol. The Morgan fingerprint density at radius 3 is 0.571 bits per heavy atom. The van der Waals surface area contributed by atoms with Gasteiger partial charge in [-0.1, -0.05) is 192 Å². The summed E-state index contributed by atoms with van der Waals surface area (Å²) in [4.78, 5) is 20.8. The lowest BCUT2D eigenvalue weighted by molar-refractivity contribution is -0.132. The van der Waals surface area contributed by atoms with Crippen LogP contribution in [0.25, 0.3) is 0 Å². The lowest BCUT2D eigenvalue weighted by Gasteiger charge is -2.04. The van der Waals surface area contributed by atoms with E-state index in [0.717, 1.165) is 25.7 Å². The minimum atomic E-state index is -0.835. The molecule has 0 aliphatic carbocycles. The van der Waals surface area contributed by atoms with Crippen LogP contribution >= 0.6 is 0 Å². The average Bonchev–Trinajstić information content (AvgIpc) is 2.96. The Kier molecular flexibility index (Phi) is 34.3. The van der Waals surface area contributed by atoms with Crippen LogP contribution in [0.3, 0.4) is 0 Å². The first kappa shape index (κ1) is 40.4. The van der Waals surface area contributed by atoms with Crippen molar-refractivity contribution in [3.05, 3.63) is 24.3 Å². The van der Waals surface area contributed by atoms with Crippen molar-refractivity contribution in [1.82, 2.24) is 0 Å². The zero-order valence-corrected chi connectivity index (χ0v) is 27.6. The van der Waals surface area contributed by atoms with Gasteiger partial charge in [0.05, 0.1) is 0 Å². The Morgan fingerprint density at radius 1 is 0.286 bits per heavy atom. The van der Waals surface area contributed by atoms with Gasteiger partial charge in [-0.2, -0.15) is 0 Å². The highest BCUT2D eigenvalue weighted by Gasteiger charge is 1.97. The summed E-state index contributed by atoms with van der Waals surface area (Å²) in [6.07, 6.45) is 49.1. The van der Waals surface area contributed by atoms with Gasteiger partial charge in [0.25, 0.3) is 0 Å². The number of aliphatic carboxylic acids is 2. The third-order valence-electron chi connectivity index (χ3n) is 8.51. The largest absolute Gasteiger partial charge is 0.478 e. The maximum absolute atomic E-state index is 10.4. The second-order valence-electron chi connectivity index (χ2n) is 12.7. The Morgan fingerprint density at radius 2 is 0.429 bits per heavy atom. The maximum atomic E-state index is 10.4. The molecule has 0 heterocycles. The van der Waals surface area contributed by atoms with Gasteiger partial charge in [-0.25, -0.2) is 9.59 Å². The van der Waals surface area contributed by atoms with E-state index in [2.05, 4.69) is 0 Å². The lowest BCUT2D eigenvalue weighted by Crippen LogP contribution is -1.86. The molecule has 42 heavy (non-hydrogen) atoms. The van der Waals surface area contributed by atoms with Crippen LogP contribution in [0.15, 0.2) is 24.3 Å². The Bertz CT molecular complexity index is 571. The summed E-state index contributed by atoms with van der Waals surface area (Å²) in [5.74, 6) is -1.67. The molecule has 4 heteroatoms. The molecule has 0 aliphatic rings. The van der Waals surface area contributed by atoms with Crippen molar-refractivity contribution in [2.24, 2.45) is 0 Å². The minimum Gasteiger partial charge on any atom is -0.478 e. The van der Waals surface area contributed by atoms with Gasteiger partial charge in [0, 0.05) is 12.2 Å². The van der Waals surface area contributed by atoms with Gasteiger partial charge < -0.3 is 10.2 Å². The first-order chi connectivity index (χ1) is 20.6. The second-order valence-corrected chi connectivity index (χ2v) is 12.7. The number of hydrogen-bond acceptors (Lipinski definition) is 2. The van der Waals surface area contributed by atoms with E-state index in [0.29, 0.717) is 0 Å². The van der Waals surface area contributed by atoms with E-state index < -0.39 is 11.9 Å². The number of rotatable bonds is 35. The van der Waals surface area contributed by atoms with Crippen LogP contribution in [0.1, 0.15) is 205 Å². The van der Waals surface area contributed by atoms with Crippen LogP contribution in [0.4, 0.5) is 0 Å². The monoisotopic (exact) mass is 591 g/mol. The van der Waals surface area contributed by atoms with Crippen LogP contribution in [-0.4, -0.2) is 22.2 Å². The summed E-state index contributed by atoms with van der Waals surface area (Å²) in [6, 6.07) is 0. The normalized spacial score (nSPS) is 11.7. The summed E-state index contributed by atoms with van der Waals surface area (Å²) < 4.78 is 0. The second kappa shape index (κ2) is 35.6. The van der Waals surface area contributed by atoms with Gasteiger partial charge in [-0.15, -0.1) is 0 Å². The Labute approximate surface area is 261 Å². The molecule has 0 fully saturated rings. The molecule has 246 valence electrons. The van der Waals surface area contributed by atoms with E-state index >= 15 is 0 Å². The first-order valence-corrected chi connectivity index (χ1v) is 18.4. The van der Waals surface area contributed by atoms with Gasteiger partial charge in [-0.3, -0.25) is 0 Å². The number of carbonyl (C=O) groups is 2. The lowest BCUT2D eigenvalue weighted by atomic mass is 10.0. The third kappa shape index (κ3) is 38.4. The van der Waals surface area contributed by atoms with Crippen LogP contribution in [0.2, 0.25) is 0 Å². The van der Waals surface area contributed by atoms with Gasteiger partial charge >= 0.3 is 11.9 Å². The number of hydrogen-bond donors (Lipinski definition) is 2. The molecule has 0 amide bonds. The fraction of sp³-hybridized carbons (Fsp3) is 0.842. The SMILES string of the molecule is O=C(O)C=CCCCCCCCCCCCCCCCCCCCCCCCCCCCCCCCCC=CC(=O)O. The predicted molar refractivity (Wildman–Crippen MR) is 181 cm³/mol. The molecule has 0 aromatic carbocycles. The summed E-state index contributed by atoms with van der Waals surface area (Å²) in [7, 11) is 0. The van der Waals surface area contributed by atoms with E-state index in [1.807, 2.05) is 0 Å². The zero-order valence-electron chi connectivity index (χ0n) is 27.6. The highest BCUT2D eigenvalue weighted by atomic mass is 16.4. The highest BCUT2D eigenvalue weighted by Crippen LogP contribution is 2.17. The van der Waals surface area contributed by atoms with Crippen molar-refractivity contribution in [2.45, 2.75) is 205 Å². The van der Waals surface area contributed by atoms with Crippen molar-refractivity contribution >= 4 is 11.9 Å². The number of carboxylic acids is 2. The molecule has 0 atom stereocenters. The Balaban J connectivity index is 3.07. The fourth-order valence-electron chi connectivity index (χ4n) is 5.84. The fourth-order valence-corrected chi connectivity index (χ4v) is 5.84. The van der Waals surface area contributed by atoms with Crippen molar-refractivity contribution < 1.29 is 19.8 Å². The van der Waals surface area contributed by atoms with Crippen molar-refractivity contribution in [1.29, 1.82) is 0 Å². The Hall–Kier alpha value is -1.58. The van der Waals surface area contributed by atoms with E-state index in [4.69, 9.17) is 10.2 Å². The van der Waals surface area contributed by atoms with Crippen LogP contribution < -0.4 is 0 Å². The molecule has 0 rings (SSSR count). The highest BCUT2D eigenvalue weighted by molar-refractivity contribution is 5.79. The topological polar surface area (TPSA) is 74.6 Å². The molecular formula is C38H70O4. The number of unbranched alkanes of at least 4 members (excludes halogenated alkanes) is 31. The van der Waals surface area contributed by atoms with E-state index in [9.17, 15) is 9.59 Å². The molecule has 0 aromatic rings. The number of carboxylic acid groups (broad SMARTS) is 2. The summed E-state index contributed by atoms with van der Waals surface area (Å²) in [6.45, 7) is 0. The zero-order chi connectivity index (χ0) is 30.6. The summed E-state index contributed by atoms with van der Waals surface area (Å²) in [5.41, 5.74) is 0. The molecule has 0 radical (unpaired) electrons. The molecule has 0 saturated heterocycles. The molecule has 0 spiro atoms. The smallest absolute Gasteiger partial charge is 0.327 e.